The van der Waals surface area contributed by atoms with E-state index in [9.17, 15) is 19.5 Å². The highest BCUT2D eigenvalue weighted by atomic mass is 32.5. The Hall–Kier alpha value is -2.78. The van der Waals surface area contributed by atoms with Crippen LogP contribution in [0, 0.1) is 12.3 Å². The number of aromatic nitrogens is 2. The van der Waals surface area contributed by atoms with Gasteiger partial charge in [-0.05, 0) is 44.2 Å². The third-order valence-electron chi connectivity index (χ3n) is 5.38. The maximum Gasteiger partial charge on any atom is 0.330 e. The van der Waals surface area contributed by atoms with E-state index in [1.54, 1.807) is 45.0 Å². The Kier molecular flexibility index (Phi) is 9.47. The zero-order valence-electron chi connectivity index (χ0n) is 20.7. The quantitative estimate of drug-likeness (QED) is 0.215. The molecule has 0 spiro atoms. The van der Waals surface area contributed by atoms with E-state index >= 15 is 0 Å². The molecule has 11 nitrogen and oxygen atoms in total. The molecule has 0 aliphatic carbocycles. The van der Waals surface area contributed by atoms with E-state index in [0.29, 0.717) is 12.2 Å². The van der Waals surface area contributed by atoms with Gasteiger partial charge in [-0.1, -0.05) is 31.0 Å². The minimum absolute atomic E-state index is 0.0903. The molecule has 2 aromatic rings. The largest absolute Gasteiger partial charge is 0.462 e. The summed E-state index contributed by atoms with van der Waals surface area (Å²) in [5, 5.41) is 14.0. The van der Waals surface area contributed by atoms with Gasteiger partial charge in [0.2, 0.25) is 0 Å². The van der Waals surface area contributed by atoms with Crippen molar-refractivity contribution in [1.82, 2.24) is 14.6 Å². The van der Waals surface area contributed by atoms with Crippen LogP contribution in [0.1, 0.15) is 39.8 Å². The van der Waals surface area contributed by atoms with Gasteiger partial charge in [0.05, 0.1) is 18.8 Å². The van der Waals surface area contributed by atoms with Crippen LogP contribution >= 0.6 is 6.64 Å². The molecule has 1 aliphatic heterocycles. The Labute approximate surface area is 219 Å². The van der Waals surface area contributed by atoms with Crippen molar-refractivity contribution in [2.45, 2.75) is 63.7 Å². The predicted octanol–water partition coefficient (Wildman–Crippen LogP) is 1.83. The molecular weight excluding hydrogens is 521 g/mol. The molecule has 1 unspecified atom stereocenters. The number of ether oxygens (including phenoxy) is 2. The Bertz CT molecular complexity index is 1290. The lowest BCUT2D eigenvalue weighted by molar-refractivity contribution is -0.149. The van der Waals surface area contributed by atoms with Gasteiger partial charge in [0.15, 0.2) is 11.8 Å². The van der Waals surface area contributed by atoms with Gasteiger partial charge in [-0.2, -0.15) is 0 Å². The number of terminal acetylenes is 1. The molecule has 1 aromatic carbocycles. The van der Waals surface area contributed by atoms with Crippen LogP contribution in [0.4, 0.5) is 0 Å². The van der Waals surface area contributed by atoms with Gasteiger partial charge in [0, 0.05) is 18.7 Å². The highest BCUT2D eigenvalue weighted by Gasteiger charge is 2.48. The van der Waals surface area contributed by atoms with Crippen molar-refractivity contribution < 1.29 is 28.4 Å². The van der Waals surface area contributed by atoms with E-state index in [0.717, 1.165) is 10.6 Å². The summed E-state index contributed by atoms with van der Waals surface area (Å²) in [7, 11) is 0. The smallest absolute Gasteiger partial charge is 0.330 e. The minimum Gasteiger partial charge on any atom is -0.462 e. The summed E-state index contributed by atoms with van der Waals surface area (Å²) < 4.78 is 24.2. The lowest BCUT2D eigenvalue weighted by atomic mass is 9.99. The van der Waals surface area contributed by atoms with Crippen molar-refractivity contribution in [3.8, 4) is 18.1 Å². The van der Waals surface area contributed by atoms with Gasteiger partial charge in [0.1, 0.15) is 11.8 Å². The van der Waals surface area contributed by atoms with E-state index in [-0.39, 0.29) is 19.1 Å². The van der Waals surface area contributed by atoms with Crippen molar-refractivity contribution in [3.05, 3.63) is 63.4 Å². The Balaban J connectivity index is 1.81. The SMILES string of the molecule is C#C[C@@]1(O)C[C@@H](COP(=S)(N[C@@H](CC)C(=O)OC(C)C)Oc2ccccc2)O[C@H]1n1ccc(=O)[nH]c1=O. The fourth-order valence-electron chi connectivity index (χ4n) is 3.63. The maximum absolute atomic E-state index is 12.6. The van der Waals surface area contributed by atoms with Crippen LogP contribution in [0.2, 0.25) is 0 Å². The second-order valence-electron chi connectivity index (χ2n) is 8.67. The van der Waals surface area contributed by atoms with Crippen LogP contribution < -0.4 is 20.9 Å². The van der Waals surface area contributed by atoms with Crippen LogP contribution in [0.5, 0.6) is 5.75 Å². The number of aromatic amines is 1. The van der Waals surface area contributed by atoms with Crippen molar-refractivity contribution >= 4 is 24.4 Å². The third-order valence-corrected chi connectivity index (χ3v) is 7.80. The number of para-hydroxylation sites is 1. The number of aliphatic hydroxyl groups is 1. The number of carbonyl (C=O) groups excluding carboxylic acids is 1. The van der Waals surface area contributed by atoms with Crippen LogP contribution in [0.3, 0.4) is 0 Å². The number of H-pyrrole nitrogens is 1. The number of nitrogens with zero attached hydrogens (tertiary/aromatic N) is 1. The van der Waals surface area contributed by atoms with Crippen LogP contribution in [0.15, 0.2) is 52.2 Å². The summed E-state index contributed by atoms with van der Waals surface area (Å²) in [4.78, 5) is 38.4. The summed E-state index contributed by atoms with van der Waals surface area (Å²) in [6.07, 6.45) is 4.63. The van der Waals surface area contributed by atoms with Crippen molar-refractivity contribution in [2.24, 2.45) is 0 Å². The highest BCUT2D eigenvalue weighted by Crippen LogP contribution is 2.47. The standard InChI is InChI=1S/C24H30N3O8PS/c1-5-19(21(29)33-16(3)4)26-36(37,35-17-10-8-7-9-11-17)32-15-18-14-24(31,6-2)22(34-18)27-13-12-20(28)25-23(27)30/h2,7-13,16,18-19,22,31H,5,14-15H2,1,3-4H3,(H,26,37)(H,25,28,30)/t18-,19-,22+,24+,36?/m0/s1. The summed E-state index contributed by atoms with van der Waals surface area (Å²) in [5.74, 6) is 2.20. The molecule has 0 bridgehead atoms. The van der Waals surface area contributed by atoms with Crippen LogP contribution in [-0.2, 0) is 30.6 Å². The summed E-state index contributed by atoms with van der Waals surface area (Å²) in [6, 6.07) is 9.05. The number of carbonyl (C=O) groups is 1. The molecule has 0 amide bonds. The number of hydrogen-bond acceptors (Lipinski definition) is 9. The molecule has 3 N–H and O–H groups in total. The first-order valence-electron chi connectivity index (χ1n) is 11.6. The number of nitrogens with one attached hydrogen (secondary N) is 2. The average Bonchev–Trinajstić information content (AvgIpc) is 3.18. The number of esters is 1. The van der Waals surface area contributed by atoms with E-state index in [1.165, 1.54) is 6.20 Å². The van der Waals surface area contributed by atoms with E-state index in [1.807, 2.05) is 6.07 Å². The maximum atomic E-state index is 12.6. The molecule has 0 radical (unpaired) electrons. The van der Waals surface area contributed by atoms with Gasteiger partial charge < -0.3 is 23.6 Å². The molecule has 0 saturated carbocycles. The monoisotopic (exact) mass is 551 g/mol. The average molecular weight is 552 g/mol. The zero-order valence-corrected chi connectivity index (χ0v) is 22.4. The Morgan fingerprint density at radius 3 is 2.68 bits per heavy atom. The molecule has 3 rings (SSSR count). The van der Waals surface area contributed by atoms with Gasteiger partial charge in [-0.25, -0.2) is 9.88 Å². The topological polar surface area (TPSA) is 141 Å². The van der Waals surface area contributed by atoms with Crippen LogP contribution in [0.25, 0.3) is 0 Å². The van der Waals surface area contributed by atoms with Crippen LogP contribution in [-0.4, -0.2) is 51.1 Å². The van der Waals surface area contributed by atoms with E-state index in [2.05, 4.69) is 16.0 Å². The first kappa shape index (κ1) is 28.8. The second-order valence-corrected chi connectivity index (χ2v) is 11.8. The normalized spacial score (nSPS) is 23.7. The lowest BCUT2D eigenvalue weighted by Gasteiger charge is -2.28. The predicted molar refractivity (Wildman–Crippen MR) is 139 cm³/mol. The van der Waals surface area contributed by atoms with Crippen molar-refractivity contribution in [2.75, 3.05) is 6.61 Å². The molecule has 13 heteroatoms. The molecular formula is C24H30N3O8PS. The van der Waals surface area contributed by atoms with Gasteiger partial charge in [0.25, 0.3) is 5.56 Å². The molecule has 200 valence electrons. The summed E-state index contributed by atoms with van der Waals surface area (Å²) >= 11 is 5.73. The lowest BCUT2D eigenvalue weighted by Crippen LogP contribution is -2.41. The number of hydrogen-bond donors (Lipinski definition) is 3. The number of rotatable bonds is 11. The van der Waals surface area contributed by atoms with E-state index < -0.39 is 47.8 Å². The van der Waals surface area contributed by atoms with Crippen molar-refractivity contribution in [1.29, 1.82) is 0 Å². The number of benzene rings is 1. The molecule has 1 aliphatic rings. The summed E-state index contributed by atoms with van der Waals surface area (Å²) in [6.45, 7) is 1.73. The van der Waals surface area contributed by atoms with Gasteiger partial charge >= 0.3 is 18.3 Å². The Morgan fingerprint density at radius 1 is 1.38 bits per heavy atom. The van der Waals surface area contributed by atoms with Gasteiger partial charge in [-0.3, -0.25) is 19.1 Å². The minimum atomic E-state index is -3.37. The first-order valence-corrected chi connectivity index (χ1v) is 14.3. The molecule has 1 aromatic heterocycles. The van der Waals surface area contributed by atoms with E-state index in [4.69, 9.17) is 36.8 Å². The molecule has 1 saturated heterocycles. The third kappa shape index (κ3) is 7.38. The summed E-state index contributed by atoms with van der Waals surface area (Å²) in [5.41, 5.74) is -3.25. The van der Waals surface area contributed by atoms with Gasteiger partial charge in [-0.15, -0.1) is 6.42 Å². The zero-order chi connectivity index (χ0) is 27.2. The molecule has 1 fully saturated rings. The first-order chi connectivity index (χ1) is 17.5. The second kappa shape index (κ2) is 12.2. The fourth-order valence-corrected chi connectivity index (χ4v) is 6.07. The molecule has 2 heterocycles. The van der Waals surface area contributed by atoms with Crippen molar-refractivity contribution in [3.63, 3.8) is 0 Å². The highest BCUT2D eigenvalue weighted by molar-refractivity contribution is 8.09. The Morgan fingerprint density at radius 2 is 2.08 bits per heavy atom. The molecule has 37 heavy (non-hydrogen) atoms. The molecule has 5 atom stereocenters. The fraction of sp³-hybridized carbons (Fsp3) is 0.458.